The zero-order chi connectivity index (χ0) is 9.56. The van der Waals surface area contributed by atoms with Crippen LogP contribution in [0.3, 0.4) is 0 Å². The van der Waals surface area contributed by atoms with Crippen molar-refractivity contribution in [2.24, 2.45) is 0 Å². The summed E-state index contributed by atoms with van der Waals surface area (Å²) in [6, 6.07) is 0. The van der Waals surface area contributed by atoms with Crippen molar-refractivity contribution >= 4 is 0 Å². The van der Waals surface area contributed by atoms with Crippen LogP contribution in [0.1, 0.15) is 47.5 Å². The highest BCUT2D eigenvalue weighted by Crippen LogP contribution is 2.13. The Morgan fingerprint density at radius 3 is 2.08 bits per heavy atom. The summed E-state index contributed by atoms with van der Waals surface area (Å²) in [5.74, 6) is 0. The zero-order valence-corrected chi connectivity index (χ0v) is 9.07. The molecule has 0 aromatic carbocycles. The van der Waals surface area contributed by atoms with Crippen LogP contribution in [0.4, 0.5) is 0 Å². The lowest BCUT2D eigenvalue weighted by molar-refractivity contribution is 1.02. The van der Waals surface area contributed by atoms with E-state index in [4.69, 9.17) is 0 Å². The fraction of sp³-hybridized carbons (Fsp3) is 0.583. The maximum absolute atomic E-state index is 2.29. The van der Waals surface area contributed by atoms with E-state index in [2.05, 4.69) is 47.1 Å². The standard InChI is InChI=1S/C12H21/c1-6-10(3)8-9-12(5)11(4)7-2/h6,8H,7,9H2,1-5H3. The largest absolute Gasteiger partial charge is 0.0813 e. The minimum atomic E-state index is 1.11. The van der Waals surface area contributed by atoms with E-state index >= 15 is 0 Å². The maximum atomic E-state index is 2.29. The van der Waals surface area contributed by atoms with Gasteiger partial charge in [0.15, 0.2) is 0 Å². The highest BCUT2D eigenvalue weighted by molar-refractivity contribution is 5.17. The fourth-order valence-corrected chi connectivity index (χ4v) is 0.908. The van der Waals surface area contributed by atoms with Crippen molar-refractivity contribution in [1.29, 1.82) is 0 Å². The molecule has 0 aliphatic carbocycles. The lowest BCUT2D eigenvalue weighted by atomic mass is 10.0. The van der Waals surface area contributed by atoms with Gasteiger partial charge in [-0.05, 0) is 40.0 Å². The van der Waals surface area contributed by atoms with E-state index < -0.39 is 0 Å². The van der Waals surface area contributed by atoms with E-state index in [1.807, 2.05) is 0 Å². The zero-order valence-electron chi connectivity index (χ0n) is 9.07. The highest BCUT2D eigenvalue weighted by Gasteiger charge is 1.92. The molecule has 0 heteroatoms. The lowest BCUT2D eigenvalue weighted by Crippen LogP contribution is -1.82. The van der Waals surface area contributed by atoms with Gasteiger partial charge < -0.3 is 0 Å². The third kappa shape index (κ3) is 4.38. The van der Waals surface area contributed by atoms with Gasteiger partial charge in [-0.2, -0.15) is 0 Å². The van der Waals surface area contributed by atoms with Crippen molar-refractivity contribution in [3.05, 3.63) is 29.2 Å². The van der Waals surface area contributed by atoms with E-state index in [1.54, 1.807) is 0 Å². The summed E-state index contributed by atoms with van der Waals surface area (Å²) in [6.07, 6.45) is 6.72. The predicted octanol–water partition coefficient (Wildman–Crippen LogP) is 4.29. The van der Waals surface area contributed by atoms with Crippen molar-refractivity contribution in [3.63, 3.8) is 0 Å². The summed E-state index contributed by atoms with van der Waals surface area (Å²) >= 11 is 0. The van der Waals surface area contributed by atoms with Crippen LogP contribution in [-0.2, 0) is 0 Å². The van der Waals surface area contributed by atoms with Gasteiger partial charge in [0.25, 0.3) is 0 Å². The predicted molar refractivity (Wildman–Crippen MR) is 57.0 cm³/mol. The molecule has 0 aliphatic rings. The Hall–Kier alpha value is -0.520. The maximum Gasteiger partial charge on any atom is -0.0136 e. The Balaban J connectivity index is 4.10. The molecule has 0 N–H and O–H groups in total. The monoisotopic (exact) mass is 165 g/mol. The highest BCUT2D eigenvalue weighted by atomic mass is 14.0. The second kappa shape index (κ2) is 6.05. The van der Waals surface area contributed by atoms with Gasteiger partial charge in [0.2, 0.25) is 0 Å². The first-order valence-electron chi connectivity index (χ1n) is 4.73. The van der Waals surface area contributed by atoms with Crippen LogP contribution in [-0.4, -0.2) is 0 Å². The second-order valence-electron chi connectivity index (χ2n) is 3.36. The van der Waals surface area contributed by atoms with E-state index in [-0.39, 0.29) is 0 Å². The summed E-state index contributed by atoms with van der Waals surface area (Å²) < 4.78 is 0. The first-order chi connectivity index (χ1) is 5.61. The van der Waals surface area contributed by atoms with Crippen LogP contribution >= 0.6 is 0 Å². The van der Waals surface area contributed by atoms with E-state index in [1.165, 1.54) is 23.1 Å². The van der Waals surface area contributed by atoms with Gasteiger partial charge in [0.1, 0.15) is 0 Å². The van der Waals surface area contributed by atoms with Gasteiger partial charge in [-0.1, -0.05) is 36.6 Å². The fourth-order valence-electron chi connectivity index (χ4n) is 0.908. The van der Waals surface area contributed by atoms with Crippen molar-refractivity contribution in [2.75, 3.05) is 0 Å². The smallest absolute Gasteiger partial charge is 0.0136 e. The Kier molecular flexibility index (Phi) is 5.79. The molecule has 0 aromatic heterocycles. The lowest BCUT2D eigenvalue weighted by Gasteiger charge is -2.02. The number of allylic oxidation sites excluding steroid dienone is 4. The molecule has 0 fully saturated rings. The third-order valence-corrected chi connectivity index (χ3v) is 2.44. The Morgan fingerprint density at radius 2 is 1.67 bits per heavy atom. The summed E-state index contributed by atoms with van der Waals surface area (Å²) in [5.41, 5.74) is 4.41. The molecular formula is C12H21. The molecule has 0 spiro atoms. The molecule has 0 aliphatic heterocycles. The average Bonchev–Trinajstić information content (AvgIpc) is 2.11. The summed E-state index contributed by atoms with van der Waals surface area (Å²) in [7, 11) is 0. The van der Waals surface area contributed by atoms with Crippen LogP contribution in [0, 0.1) is 6.42 Å². The van der Waals surface area contributed by atoms with Gasteiger partial charge in [0.05, 0.1) is 0 Å². The van der Waals surface area contributed by atoms with Crippen LogP contribution < -0.4 is 0 Å². The minimum absolute atomic E-state index is 1.11. The van der Waals surface area contributed by atoms with E-state index in [0.717, 1.165) is 6.42 Å². The normalized spacial score (nSPS) is 14.6. The number of rotatable bonds is 4. The molecule has 69 valence electrons. The third-order valence-electron chi connectivity index (χ3n) is 2.44. The van der Waals surface area contributed by atoms with E-state index in [9.17, 15) is 0 Å². The quantitative estimate of drug-likeness (QED) is 0.545. The molecule has 0 saturated carbocycles. The molecule has 12 heavy (non-hydrogen) atoms. The van der Waals surface area contributed by atoms with Crippen molar-refractivity contribution in [3.8, 4) is 0 Å². The summed E-state index contributed by atoms with van der Waals surface area (Å²) in [4.78, 5) is 0. The Labute approximate surface area is 77.4 Å². The van der Waals surface area contributed by atoms with Gasteiger partial charge in [-0.25, -0.2) is 0 Å². The molecule has 0 nitrogen and oxygen atoms in total. The SMILES string of the molecule is C[CH]C(C)=CCC(C)=C(C)CC. The van der Waals surface area contributed by atoms with Crippen LogP contribution in [0.2, 0.25) is 0 Å². The van der Waals surface area contributed by atoms with Crippen molar-refractivity contribution in [2.45, 2.75) is 47.5 Å². The van der Waals surface area contributed by atoms with Gasteiger partial charge in [-0.3, -0.25) is 0 Å². The molecule has 0 aromatic rings. The molecule has 0 saturated heterocycles. The number of hydrogen-bond donors (Lipinski definition) is 0. The van der Waals surface area contributed by atoms with Crippen molar-refractivity contribution < 1.29 is 0 Å². The average molecular weight is 165 g/mol. The molecule has 0 amide bonds. The van der Waals surface area contributed by atoms with Gasteiger partial charge in [-0.15, -0.1) is 0 Å². The number of hydrogen-bond acceptors (Lipinski definition) is 0. The summed E-state index contributed by atoms with van der Waals surface area (Å²) in [5, 5.41) is 0. The van der Waals surface area contributed by atoms with Gasteiger partial charge >= 0.3 is 0 Å². The van der Waals surface area contributed by atoms with Crippen LogP contribution in [0.25, 0.3) is 0 Å². The molecular weight excluding hydrogens is 144 g/mol. The molecule has 0 heterocycles. The summed E-state index contributed by atoms with van der Waals surface area (Å²) in [6.45, 7) is 10.9. The molecule has 0 rings (SSSR count). The minimum Gasteiger partial charge on any atom is -0.0813 e. The molecule has 1 radical (unpaired) electrons. The van der Waals surface area contributed by atoms with Crippen LogP contribution in [0.5, 0.6) is 0 Å². The first kappa shape index (κ1) is 11.5. The second-order valence-corrected chi connectivity index (χ2v) is 3.36. The van der Waals surface area contributed by atoms with Gasteiger partial charge in [0, 0.05) is 0 Å². The van der Waals surface area contributed by atoms with Crippen LogP contribution in [0.15, 0.2) is 22.8 Å². The Bertz CT molecular complexity index is 182. The first-order valence-corrected chi connectivity index (χ1v) is 4.73. The molecule has 0 bridgehead atoms. The Morgan fingerprint density at radius 1 is 1.08 bits per heavy atom. The van der Waals surface area contributed by atoms with E-state index in [0.29, 0.717) is 0 Å². The molecule has 0 unspecified atom stereocenters. The van der Waals surface area contributed by atoms with Crippen molar-refractivity contribution in [1.82, 2.24) is 0 Å². The topological polar surface area (TPSA) is 0 Å². The molecule has 0 atom stereocenters.